The predicted molar refractivity (Wildman–Crippen MR) is 77.3 cm³/mol. The molecule has 1 aliphatic rings. The number of nitrogens with zero attached hydrogens (tertiary/aromatic N) is 1. The Labute approximate surface area is 120 Å². The number of morpholine rings is 1. The molecule has 0 radical (unpaired) electrons. The summed E-state index contributed by atoms with van der Waals surface area (Å²) < 4.78 is 10.7. The Kier molecular flexibility index (Phi) is 6.02. The quantitative estimate of drug-likeness (QED) is 0.746. The van der Waals surface area contributed by atoms with Crippen molar-refractivity contribution in [1.29, 1.82) is 0 Å². The summed E-state index contributed by atoms with van der Waals surface area (Å²) in [6, 6.07) is 9.80. The van der Waals surface area contributed by atoms with E-state index >= 15 is 0 Å². The summed E-state index contributed by atoms with van der Waals surface area (Å²) in [5.41, 5.74) is 1.03. The highest BCUT2D eigenvalue weighted by atomic mass is 16.5. The van der Waals surface area contributed by atoms with E-state index < -0.39 is 0 Å². The highest BCUT2D eigenvalue weighted by Crippen LogP contribution is 2.11. The van der Waals surface area contributed by atoms with Gasteiger partial charge in [-0.2, -0.15) is 0 Å². The molecule has 2 rings (SSSR count). The van der Waals surface area contributed by atoms with Gasteiger partial charge in [-0.05, 0) is 12.0 Å². The van der Waals surface area contributed by atoms with Gasteiger partial charge in [-0.1, -0.05) is 37.3 Å². The van der Waals surface area contributed by atoms with Crippen molar-refractivity contribution in [3.05, 3.63) is 35.9 Å². The summed E-state index contributed by atoms with van der Waals surface area (Å²) in [5, 5.41) is 0. The van der Waals surface area contributed by atoms with Gasteiger partial charge in [0.05, 0.1) is 19.1 Å². The van der Waals surface area contributed by atoms with E-state index in [4.69, 9.17) is 9.47 Å². The molecule has 1 atom stereocenters. The second-order valence-corrected chi connectivity index (χ2v) is 5.11. The molecule has 1 fully saturated rings. The zero-order valence-corrected chi connectivity index (χ0v) is 12.1. The van der Waals surface area contributed by atoms with Crippen LogP contribution in [0.5, 0.6) is 0 Å². The first kappa shape index (κ1) is 15.0. The molecule has 1 heterocycles. The number of rotatable bonds is 6. The van der Waals surface area contributed by atoms with Crippen LogP contribution < -0.4 is 0 Å². The van der Waals surface area contributed by atoms with E-state index in [1.165, 1.54) is 0 Å². The van der Waals surface area contributed by atoms with Gasteiger partial charge in [0.2, 0.25) is 0 Å². The van der Waals surface area contributed by atoms with Crippen molar-refractivity contribution in [2.45, 2.75) is 20.0 Å². The normalized spacial score (nSPS) is 17.6. The minimum atomic E-state index is -0.0946. The zero-order chi connectivity index (χ0) is 14.2. The fraction of sp³-hybridized carbons (Fsp3) is 0.562. The summed E-state index contributed by atoms with van der Waals surface area (Å²) in [6.07, 6.45) is 0.810. The molecule has 1 aromatic rings. The van der Waals surface area contributed by atoms with Gasteiger partial charge in [0.15, 0.2) is 0 Å². The molecule has 1 aliphatic heterocycles. The minimum absolute atomic E-state index is 0.0446. The van der Waals surface area contributed by atoms with Crippen LogP contribution in [0, 0.1) is 5.92 Å². The lowest BCUT2D eigenvalue weighted by Crippen LogP contribution is -2.41. The molecule has 1 aromatic carbocycles. The lowest BCUT2D eigenvalue weighted by atomic mass is 10.1. The van der Waals surface area contributed by atoms with E-state index in [9.17, 15) is 4.79 Å². The summed E-state index contributed by atoms with van der Waals surface area (Å²) in [4.78, 5) is 14.4. The summed E-state index contributed by atoms with van der Waals surface area (Å²) in [5.74, 6) is -0.139. The van der Waals surface area contributed by atoms with Gasteiger partial charge in [-0.3, -0.25) is 9.69 Å². The summed E-state index contributed by atoms with van der Waals surface area (Å²) >= 11 is 0. The number of ether oxygens (including phenoxy) is 2. The molecule has 0 N–H and O–H groups in total. The third-order valence-electron chi connectivity index (χ3n) is 3.63. The number of esters is 1. The van der Waals surface area contributed by atoms with Crippen LogP contribution in [0.3, 0.4) is 0 Å². The minimum Gasteiger partial charge on any atom is -0.461 e. The Morgan fingerprint density at radius 3 is 2.65 bits per heavy atom. The molecular formula is C16H23NO3. The topological polar surface area (TPSA) is 38.8 Å². The Morgan fingerprint density at radius 2 is 2.00 bits per heavy atom. The molecule has 1 unspecified atom stereocenters. The highest BCUT2D eigenvalue weighted by Gasteiger charge is 2.22. The molecule has 0 spiro atoms. The van der Waals surface area contributed by atoms with E-state index in [0.29, 0.717) is 6.61 Å². The van der Waals surface area contributed by atoms with Gasteiger partial charge in [0, 0.05) is 19.6 Å². The van der Waals surface area contributed by atoms with Gasteiger partial charge < -0.3 is 9.47 Å². The number of carbonyl (C=O) groups excluding carboxylic acids is 1. The van der Waals surface area contributed by atoms with Crippen LogP contribution in [0.15, 0.2) is 30.3 Å². The first-order valence-corrected chi connectivity index (χ1v) is 7.30. The molecule has 0 aliphatic carbocycles. The van der Waals surface area contributed by atoms with Crippen LogP contribution in [0.2, 0.25) is 0 Å². The van der Waals surface area contributed by atoms with Gasteiger partial charge in [0.1, 0.15) is 6.61 Å². The van der Waals surface area contributed by atoms with Crippen molar-refractivity contribution in [2.24, 2.45) is 5.92 Å². The molecule has 0 bridgehead atoms. The molecule has 0 saturated carbocycles. The van der Waals surface area contributed by atoms with Crippen LogP contribution in [-0.2, 0) is 20.9 Å². The van der Waals surface area contributed by atoms with Crippen LogP contribution in [0.4, 0.5) is 0 Å². The predicted octanol–water partition coefficient (Wildman–Crippen LogP) is 2.09. The molecule has 110 valence electrons. The molecular weight excluding hydrogens is 254 g/mol. The van der Waals surface area contributed by atoms with Crippen LogP contribution >= 0.6 is 0 Å². The largest absolute Gasteiger partial charge is 0.461 e. The first-order valence-electron chi connectivity index (χ1n) is 7.30. The average Bonchev–Trinajstić information content (AvgIpc) is 2.52. The van der Waals surface area contributed by atoms with Crippen molar-refractivity contribution in [2.75, 3.05) is 32.8 Å². The number of benzene rings is 1. The van der Waals surface area contributed by atoms with E-state index in [0.717, 1.165) is 44.8 Å². The van der Waals surface area contributed by atoms with Gasteiger partial charge >= 0.3 is 5.97 Å². The van der Waals surface area contributed by atoms with Crippen molar-refractivity contribution < 1.29 is 14.3 Å². The molecule has 0 aromatic heterocycles. The first-order chi connectivity index (χ1) is 9.79. The number of hydrogen-bond donors (Lipinski definition) is 0. The van der Waals surface area contributed by atoms with Crippen molar-refractivity contribution in [3.63, 3.8) is 0 Å². The monoisotopic (exact) mass is 277 g/mol. The SMILES string of the molecule is CCC(CN1CCOCC1)C(=O)OCc1ccccc1. The van der Waals surface area contributed by atoms with Gasteiger partial charge in [0.25, 0.3) is 0 Å². The van der Waals surface area contributed by atoms with E-state index in [2.05, 4.69) is 4.90 Å². The van der Waals surface area contributed by atoms with Crippen LogP contribution in [0.25, 0.3) is 0 Å². The van der Waals surface area contributed by atoms with Gasteiger partial charge in [-0.25, -0.2) is 0 Å². The second-order valence-electron chi connectivity index (χ2n) is 5.11. The Hall–Kier alpha value is -1.39. The Balaban J connectivity index is 1.79. The Morgan fingerprint density at radius 1 is 1.30 bits per heavy atom. The van der Waals surface area contributed by atoms with Crippen LogP contribution in [-0.4, -0.2) is 43.7 Å². The van der Waals surface area contributed by atoms with Crippen molar-refractivity contribution in [3.8, 4) is 0 Å². The molecule has 4 heteroatoms. The van der Waals surface area contributed by atoms with E-state index in [1.807, 2.05) is 37.3 Å². The van der Waals surface area contributed by atoms with E-state index in [1.54, 1.807) is 0 Å². The average molecular weight is 277 g/mol. The standard InChI is InChI=1S/C16H23NO3/c1-2-15(12-17-8-10-19-11-9-17)16(18)20-13-14-6-4-3-5-7-14/h3-7,15H,2,8-13H2,1H3. The van der Waals surface area contributed by atoms with E-state index in [-0.39, 0.29) is 11.9 Å². The van der Waals surface area contributed by atoms with Gasteiger partial charge in [-0.15, -0.1) is 0 Å². The molecule has 1 saturated heterocycles. The fourth-order valence-electron chi connectivity index (χ4n) is 2.31. The fourth-order valence-corrected chi connectivity index (χ4v) is 2.31. The number of hydrogen-bond acceptors (Lipinski definition) is 4. The smallest absolute Gasteiger partial charge is 0.310 e. The second kappa shape index (κ2) is 8.02. The number of carbonyl (C=O) groups is 1. The summed E-state index contributed by atoms with van der Waals surface area (Å²) in [6.45, 7) is 6.50. The maximum absolute atomic E-state index is 12.1. The zero-order valence-electron chi connectivity index (χ0n) is 12.1. The Bertz CT molecular complexity index is 401. The van der Waals surface area contributed by atoms with Crippen molar-refractivity contribution >= 4 is 5.97 Å². The maximum atomic E-state index is 12.1. The molecule has 20 heavy (non-hydrogen) atoms. The lowest BCUT2D eigenvalue weighted by Gasteiger charge is -2.29. The molecule has 4 nitrogen and oxygen atoms in total. The van der Waals surface area contributed by atoms with Crippen molar-refractivity contribution in [1.82, 2.24) is 4.90 Å². The maximum Gasteiger partial charge on any atom is 0.310 e. The molecule has 0 amide bonds. The third-order valence-corrected chi connectivity index (χ3v) is 3.63. The third kappa shape index (κ3) is 4.62. The van der Waals surface area contributed by atoms with Crippen LogP contribution in [0.1, 0.15) is 18.9 Å². The lowest BCUT2D eigenvalue weighted by molar-refractivity contribution is -0.151. The summed E-state index contributed by atoms with van der Waals surface area (Å²) in [7, 11) is 0. The highest BCUT2D eigenvalue weighted by molar-refractivity contribution is 5.72.